The number of aliphatic hydroxyl groups excluding tert-OH is 8. The topological polar surface area (TPSA) is 228 Å². The van der Waals surface area contributed by atoms with Gasteiger partial charge in [-0.1, -0.05) is 247 Å². The summed E-state index contributed by atoms with van der Waals surface area (Å²) in [5.41, 5.74) is 0. The highest BCUT2D eigenvalue weighted by molar-refractivity contribution is 5.76. The maximum absolute atomic E-state index is 13.1. The standard InChI is InChI=1S/C66H117NO13/c1-3-5-7-9-10-11-12-13-14-15-16-17-18-19-20-21-22-23-24-25-26-27-28-29-30-31-32-33-34-35-36-37-38-39-40-41-42-43-44-46-48-50-58(71)67-54(55(70)49-47-45-8-6-4-2)53-77-65-63(76)61(74)64(57(52-69)79-65)80-66-62(75)60(73)59(72)56(51-68)78-66/h5,7,10-11,13-14,16-17,19-20,22-23,54-57,59-66,68-70,72-76H,3-4,6,8-9,12,15,18,21,24-53H2,1-2H3,(H,67,71)/b7-5-,11-10-,14-13-,17-16-,20-19-,23-22-. The maximum Gasteiger partial charge on any atom is 0.220 e. The first kappa shape index (κ1) is 73.5. The number of ether oxygens (including phenoxy) is 4. The first-order valence-electron chi connectivity index (χ1n) is 32.2. The molecular formula is C66H117NO13. The van der Waals surface area contributed by atoms with E-state index < -0.39 is 86.8 Å². The molecule has 0 spiro atoms. The number of rotatable bonds is 51. The molecule has 12 unspecified atom stereocenters. The molecule has 80 heavy (non-hydrogen) atoms. The molecule has 2 saturated heterocycles. The Labute approximate surface area is 485 Å². The Bertz CT molecular complexity index is 1620. The molecule has 2 aliphatic rings. The van der Waals surface area contributed by atoms with Crippen molar-refractivity contribution in [3.63, 3.8) is 0 Å². The molecule has 12 atom stereocenters. The lowest BCUT2D eigenvalue weighted by molar-refractivity contribution is -0.359. The van der Waals surface area contributed by atoms with Gasteiger partial charge in [-0.05, 0) is 64.2 Å². The Morgan fingerprint density at radius 2 is 0.863 bits per heavy atom. The molecule has 2 aliphatic heterocycles. The van der Waals surface area contributed by atoms with Crippen LogP contribution in [-0.2, 0) is 23.7 Å². The molecule has 0 bridgehead atoms. The van der Waals surface area contributed by atoms with Gasteiger partial charge in [0.2, 0.25) is 5.91 Å². The highest BCUT2D eigenvalue weighted by Gasteiger charge is 2.51. The van der Waals surface area contributed by atoms with Crippen LogP contribution in [0.4, 0.5) is 0 Å². The van der Waals surface area contributed by atoms with Crippen LogP contribution < -0.4 is 5.32 Å². The van der Waals surface area contributed by atoms with E-state index in [4.69, 9.17) is 18.9 Å². The fraction of sp³-hybridized carbons (Fsp3) is 0.803. The van der Waals surface area contributed by atoms with Crippen LogP contribution in [0.3, 0.4) is 0 Å². The van der Waals surface area contributed by atoms with Gasteiger partial charge < -0.3 is 65.1 Å². The number of carbonyl (C=O) groups is 1. The van der Waals surface area contributed by atoms with Crippen LogP contribution in [-0.4, -0.2) is 140 Å². The zero-order chi connectivity index (χ0) is 58.1. The zero-order valence-electron chi connectivity index (χ0n) is 50.1. The number of amides is 1. The SMILES string of the molecule is CC/C=C\C/C=C\C/C=C\C/C=C\C/C=C\C/C=C\CCCCCCCCCCCCCCCCCCCCCCCCC(=O)NC(COC1OC(CO)C(OC2OC(CO)C(O)C(O)C2O)C(O)C1O)C(O)CCCCCCC. The molecule has 9 N–H and O–H groups in total. The summed E-state index contributed by atoms with van der Waals surface area (Å²) < 4.78 is 22.7. The summed E-state index contributed by atoms with van der Waals surface area (Å²) in [5, 5.41) is 86.6. The predicted molar refractivity (Wildman–Crippen MR) is 323 cm³/mol. The van der Waals surface area contributed by atoms with Crippen molar-refractivity contribution in [3.8, 4) is 0 Å². The third kappa shape index (κ3) is 35.5. The van der Waals surface area contributed by atoms with Crippen LogP contribution in [0.5, 0.6) is 0 Å². The molecule has 14 heteroatoms. The fourth-order valence-electron chi connectivity index (χ4n) is 10.3. The third-order valence-corrected chi connectivity index (χ3v) is 15.4. The van der Waals surface area contributed by atoms with Gasteiger partial charge in [-0.3, -0.25) is 4.79 Å². The van der Waals surface area contributed by atoms with E-state index in [0.29, 0.717) is 12.8 Å². The number of unbranched alkanes of at least 4 members (excludes halogenated alkanes) is 26. The van der Waals surface area contributed by atoms with E-state index in [-0.39, 0.29) is 12.5 Å². The van der Waals surface area contributed by atoms with Crippen molar-refractivity contribution >= 4 is 5.91 Å². The Balaban J connectivity index is 1.46. The quantitative estimate of drug-likeness (QED) is 0.0204. The van der Waals surface area contributed by atoms with Gasteiger partial charge in [0.15, 0.2) is 12.6 Å². The molecule has 0 aliphatic carbocycles. The summed E-state index contributed by atoms with van der Waals surface area (Å²) in [6.45, 7) is 2.64. The van der Waals surface area contributed by atoms with Crippen molar-refractivity contribution in [1.29, 1.82) is 0 Å². The Hall–Kier alpha value is -2.57. The normalized spacial score (nSPS) is 24.7. The average Bonchev–Trinajstić information content (AvgIpc) is 3.49. The van der Waals surface area contributed by atoms with Crippen LogP contribution in [0, 0.1) is 0 Å². The second-order valence-corrected chi connectivity index (χ2v) is 22.5. The van der Waals surface area contributed by atoms with E-state index in [1.807, 2.05) is 0 Å². The largest absolute Gasteiger partial charge is 0.394 e. The van der Waals surface area contributed by atoms with Crippen LogP contribution >= 0.6 is 0 Å². The lowest BCUT2D eigenvalue weighted by Crippen LogP contribution is -2.65. The van der Waals surface area contributed by atoms with Gasteiger partial charge >= 0.3 is 0 Å². The van der Waals surface area contributed by atoms with Crippen molar-refractivity contribution in [1.82, 2.24) is 5.32 Å². The predicted octanol–water partition coefficient (Wildman–Crippen LogP) is 11.9. The molecule has 0 aromatic carbocycles. The summed E-state index contributed by atoms with van der Waals surface area (Å²) in [6.07, 6.45) is 51.6. The van der Waals surface area contributed by atoms with Crippen LogP contribution in [0.1, 0.15) is 245 Å². The van der Waals surface area contributed by atoms with Gasteiger partial charge in [-0.15, -0.1) is 0 Å². The van der Waals surface area contributed by atoms with E-state index >= 15 is 0 Å². The molecule has 14 nitrogen and oxygen atoms in total. The van der Waals surface area contributed by atoms with E-state index in [1.165, 1.54) is 122 Å². The third-order valence-electron chi connectivity index (χ3n) is 15.4. The van der Waals surface area contributed by atoms with E-state index in [2.05, 4.69) is 92.1 Å². The summed E-state index contributed by atoms with van der Waals surface area (Å²) in [7, 11) is 0. The molecule has 0 saturated carbocycles. The summed E-state index contributed by atoms with van der Waals surface area (Å²) in [4.78, 5) is 13.1. The second kappa shape index (κ2) is 50.9. The molecular weight excluding hydrogens is 1010 g/mol. The molecule has 2 rings (SSSR count). The van der Waals surface area contributed by atoms with Crippen LogP contribution in [0.15, 0.2) is 72.9 Å². The highest BCUT2D eigenvalue weighted by atomic mass is 16.7. The fourth-order valence-corrected chi connectivity index (χ4v) is 10.3. The van der Waals surface area contributed by atoms with Gasteiger partial charge in [-0.2, -0.15) is 0 Å². The van der Waals surface area contributed by atoms with E-state index in [9.17, 15) is 45.6 Å². The van der Waals surface area contributed by atoms with E-state index in [0.717, 1.165) is 96.3 Å². The summed E-state index contributed by atoms with van der Waals surface area (Å²) >= 11 is 0. The molecule has 2 heterocycles. The zero-order valence-corrected chi connectivity index (χ0v) is 50.1. The van der Waals surface area contributed by atoms with Gasteiger partial charge in [0, 0.05) is 6.42 Å². The van der Waals surface area contributed by atoms with Crippen molar-refractivity contribution < 1.29 is 64.6 Å². The van der Waals surface area contributed by atoms with Gasteiger partial charge in [0.1, 0.15) is 48.8 Å². The van der Waals surface area contributed by atoms with Gasteiger partial charge in [0.05, 0.1) is 32.0 Å². The average molecular weight is 1130 g/mol. The minimum absolute atomic E-state index is 0.212. The summed E-state index contributed by atoms with van der Waals surface area (Å²) in [6, 6.07) is -0.825. The number of nitrogens with one attached hydrogen (secondary N) is 1. The minimum Gasteiger partial charge on any atom is -0.394 e. The number of carbonyl (C=O) groups excluding carboxylic acids is 1. The van der Waals surface area contributed by atoms with Crippen LogP contribution in [0.25, 0.3) is 0 Å². The molecule has 2 fully saturated rings. The smallest absolute Gasteiger partial charge is 0.220 e. The second-order valence-electron chi connectivity index (χ2n) is 22.5. The Kier molecular flexibility index (Phi) is 46.8. The van der Waals surface area contributed by atoms with Crippen molar-refractivity contribution in [3.05, 3.63) is 72.9 Å². The molecule has 464 valence electrons. The van der Waals surface area contributed by atoms with Crippen LogP contribution in [0.2, 0.25) is 0 Å². The number of aliphatic hydroxyl groups is 8. The molecule has 0 radical (unpaired) electrons. The first-order chi connectivity index (χ1) is 39.1. The monoisotopic (exact) mass is 1130 g/mol. The van der Waals surface area contributed by atoms with Crippen molar-refractivity contribution in [2.24, 2.45) is 0 Å². The Morgan fingerprint density at radius 1 is 0.463 bits per heavy atom. The van der Waals surface area contributed by atoms with Gasteiger partial charge in [0.25, 0.3) is 0 Å². The van der Waals surface area contributed by atoms with E-state index in [1.54, 1.807) is 0 Å². The summed E-state index contributed by atoms with van der Waals surface area (Å²) in [5.74, 6) is -0.212. The Morgan fingerprint density at radius 3 is 1.32 bits per heavy atom. The van der Waals surface area contributed by atoms with Gasteiger partial charge in [-0.25, -0.2) is 0 Å². The lowest BCUT2D eigenvalue weighted by Gasteiger charge is -2.46. The first-order valence-corrected chi connectivity index (χ1v) is 32.2. The van der Waals surface area contributed by atoms with Crippen molar-refractivity contribution in [2.45, 2.75) is 319 Å². The number of hydrogen-bond acceptors (Lipinski definition) is 13. The maximum atomic E-state index is 13.1. The number of allylic oxidation sites excluding steroid dienone is 12. The molecule has 0 aromatic rings. The highest BCUT2D eigenvalue weighted by Crippen LogP contribution is 2.30. The lowest BCUT2D eigenvalue weighted by atomic mass is 9.97. The van der Waals surface area contributed by atoms with Crippen molar-refractivity contribution in [2.75, 3.05) is 19.8 Å². The molecule has 1 amide bonds. The number of hydrogen-bond donors (Lipinski definition) is 9. The minimum atomic E-state index is -1.78. The molecule has 0 aromatic heterocycles.